The van der Waals surface area contributed by atoms with Crippen molar-refractivity contribution in [3.63, 3.8) is 0 Å². The third-order valence-corrected chi connectivity index (χ3v) is 3.68. The Morgan fingerprint density at radius 2 is 2.00 bits per heavy atom. The number of anilines is 1. The highest BCUT2D eigenvalue weighted by atomic mass is 79.9. The van der Waals surface area contributed by atoms with Gasteiger partial charge >= 0.3 is 0 Å². The summed E-state index contributed by atoms with van der Waals surface area (Å²) in [5.41, 5.74) is 0.0902. The summed E-state index contributed by atoms with van der Waals surface area (Å²) in [6, 6.07) is 1.46. The lowest BCUT2D eigenvalue weighted by Crippen LogP contribution is -2.47. The predicted molar refractivity (Wildman–Crippen MR) is 74.5 cm³/mol. The van der Waals surface area contributed by atoms with E-state index < -0.39 is 17.7 Å². The van der Waals surface area contributed by atoms with Crippen molar-refractivity contribution in [3.8, 4) is 0 Å². The van der Waals surface area contributed by atoms with Crippen molar-refractivity contribution < 1.29 is 18.3 Å². The summed E-state index contributed by atoms with van der Waals surface area (Å²) in [6.45, 7) is 3.72. The predicted octanol–water partition coefficient (Wildman–Crippen LogP) is 2.39. The van der Waals surface area contributed by atoms with Gasteiger partial charge < -0.3 is 15.0 Å². The highest BCUT2D eigenvalue weighted by Gasteiger charge is 2.23. The van der Waals surface area contributed by atoms with Crippen molar-refractivity contribution >= 4 is 27.5 Å². The summed E-state index contributed by atoms with van der Waals surface area (Å²) in [7, 11) is 0. The quantitative estimate of drug-likeness (QED) is 0.852. The van der Waals surface area contributed by atoms with Crippen LogP contribution in [0.4, 0.5) is 14.5 Å². The molecule has 1 saturated heterocycles. The highest BCUT2D eigenvalue weighted by Crippen LogP contribution is 2.24. The molecule has 1 amide bonds. The van der Waals surface area contributed by atoms with E-state index in [0.29, 0.717) is 26.3 Å². The molecule has 7 heteroatoms. The largest absolute Gasteiger partial charge is 0.378 e. The molecule has 0 bridgehead atoms. The molecule has 0 spiro atoms. The summed E-state index contributed by atoms with van der Waals surface area (Å²) >= 11 is 2.99. The number of nitrogens with zero attached hydrogens (tertiary/aromatic N) is 1. The number of hydrogen-bond acceptors (Lipinski definition) is 3. The number of morpholine rings is 1. The molecule has 1 fully saturated rings. The first kappa shape index (κ1) is 15.2. The standard InChI is InChI=1S/C13H15BrF2N2O2/c1-8(13(19)18-2-4-20-5-3-18)17-12-6-9(14)10(15)7-11(12)16/h6-8,17H,2-5H2,1H3. The molecule has 1 N–H and O–H groups in total. The fourth-order valence-electron chi connectivity index (χ4n) is 1.99. The van der Waals surface area contributed by atoms with E-state index in [9.17, 15) is 13.6 Å². The van der Waals surface area contributed by atoms with Gasteiger partial charge in [0.2, 0.25) is 5.91 Å². The molecule has 0 aliphatic carbocycles. The Balaban J connectivity index is 2.05. The van der Waals surface area contributed by atoms with E-state index in [1.54, 1.807) is 11.8 Å². The Hall–Kier alpha value is -1.21. The molecule has 1 aromatic rings. The average Bonchev–Trinajstić information content (AvgIpc) is 2.44. The molecule has 1 aromatic carbocycles. The van der Waals surface area contributed by atoms with Gasteiger partial charge in [0.25, 0.3) is 0 Å². The van der Waals surface area contributed by atoms with Crippen molar-refractivity contribution in [2.24, 2.45) is 0 Å². The van der Waals surface area contributed by atoms with E-state index in [1.807, 2.05) is 0 Å². The van der Waals surface area contributed by atoms with Gasteiger partial charge in [0.05, 0.1) is 23.4 Å². The molecule has 1 atom stereocenters. The topological polar surface area (TPSA) is 41.6 Å². The molecule has 20 heavy (non-hydrogen) atoms. The lowest BCUT2D eigenvalue weighted by molar-refractivity contribution is -0.135. The first-order valence-electron chi connectivity index (χ1n) is 6.26. The summed E-state index contributed by atoms with van der Waals surface area (Å²) in [5, 5.41) is 2.77. The third-order valence-electron chi connectivity index (χ3n) is 3.08. The SMILES string of the molecule is CC(Nc1cc(Br)c(F)cc1F)C(=O)N1CCOCC1. The Morgan fingerprint density at radius 1 is 1.35 bits per heavy atom. The van der Waals surface area contributed by atoms with Crippen LogP contribution in [0.1, 0.15) is 6.92 Å². The van der Waals surface area contributed by atoms with Gasteiger partial charge in [-0.25, -0.2) is 8.78 Å². The lowest BCUT2D eigenvalue weighted by atomic mass is 10.2. The van der Waals surface area contributed by atoms with Gasteiger partial charge in [0.1, 0.15) is 17.7 Å². The van der Waals surface area contributed by atoms with Gasteiger partial charge in [-0.15, -0.1) is 0 Å². The van der Waals surface area contributed by atoms with Crippen molar-refractivity contribution in [3.05, 3.63) is 28.2 Å². The molecule has 1 heterocycles. The van der Waals surface area contributed by atoms with Gasteiger partial charge in [-0.2, -0.15) is 0 Å². The molecule has 0 saturated carbocycles. The molecule has 1 unspecified atom stereocenters. The van der Waals surface area contributed by atoms with Crippen LogP contribution in [0.5, 0.6) is 0 Å². The minimum atomic E-state index is -0.729. The van der Waals surface area contributed by atoms with Crippen LogP contribution in [0.15, 0.2) is 16.6 Å². The number of carbonyl (C=O) groups excluding carboxylic acids is 1. The molecular formula is C13H15BrF2N2O2. The van der Waals surface area contributed by atoms with E-state index >= 15 is 0 Å². The smallest absolute Gasteiger partial charge is 0.244 e. The number of ether oxygens (including phenoxy) is 1. The maximum atomic E-state index is 13.6. The Bertz CT molecular complexity index is 507. The van der Waals surface area contributed by atoms with Gasteiger partial charge in [-0.3, -0.25) is 4.79 Å². The number of amides is 1. The van der Waals surface area contributed by atoms with Crippen LogP contribution in [0, 0.1) is 11.6 Å². The fraction of sp³-hybridized carbons (Fsp3) is 0.462. The summed E-state index contributed by atoms with van der Waals surface area (Å²) in [6.07, 6.45) is 0. The molecule has 1 aliphatic rings. The number of nitrogens with one attached hydrogen (secondary N) is 1. The molecule has 4 nitrogen and oxygen atoms in total. The zero-order chi connectivity index (χ0) is 14.7. The number of carbonyl (C=O) groups is 1. The van der Waals surface area contributed by atoms with Gasteiger partial charge in [-0.05, 0) is 28.9 Å². The van der Waals surface area contributed by atoms with Crippen LogP contribution in [0.3, 0.4) is 0 Å². The normalized spacial score (nSPS) is 16.9. The van der Waals surface area contributed by atoms with Crippen LogP contribution >= 0.6 is 15.9 Å². The van der Waals surface area contributed by atoms with E-state index in [2.05, 4.69) is 21.2 Å². The second kappa shape index (κ2) is 6.49. The first-order valence-corrected chi connectivity index (χ1v) is 7.06. The van der Waals surface area contributed by atoms with Crippen LogP contribution in [0.2, 0.25) is 0 Å². The molecule has 0 aromatic heterocycles. The van der Waals surface area contributed by atoms with Crippen molar-refractivity contribution in [1.82, 2.24) is 4.90 Å². The van der Waals surface area contributed by atoms with Gasteiger partial charge in [-0.1, -0.05) is 0 Å². The molecule has 1 aliphatic heterocycles. The average molecular weight is 349 g/mol. The molecule has 110 valence electrons. The van der Waals surface area contributed by atoms with E-state index in [-0.39, 0.29) is 16.1 Å². The zero-order valence-electron chi connectivity index (χ0n) is 11.0. The molecule has 2 rings (SSSR count). The van der Waals surface area contributed by atoms with E-state index in [4.69, 9.17) is 4.74 Å². The van der Waals surface area contributed by atoms with E-state index in [0.717, 1.165) is 6.07 Å². The van der Waals surface area contributed by atoms with Crippen LogP contribution in [-0.4, -0.2) is 43.2 Å². The van der Waals surface area contributed by atoms with Crippen molar-refractivity contribution in [2.75, 3.05) is 31.6 Å². The third kappa shape index (κ3) is 3.46. The minimum absolute atomic E-state index is 0.0902. The van der Waals surface area contributed by atoms with Crippen LogP contribution in [0.25, 0.3) is 0 Å². The maximum absolute atomic E-state index is 13.6. The van der Waals surface area contributed by atoms with E-state index in [1.165, 1.54) is 6.07 Å². The second-order valence-electron chi connectivity index (χ2n) is 4.55. The summed E-state index contributed by atoms with van der Waals surface area (Å²) in [5.74, 6) is -1.54. The monoisotopic (exact) mass is 348 g/mol. The lowest BCUT2D eigenvalue weighted by Gasteiger charge is -2.29. The number of hydrogen-bond donors (Lipinski definition) is 1. The molecule has 0 radical (unpaired) electrons. The maximum Gasteiger partial charge on any atom is 0.244 e. The highest BCUT2D eigenvalue weighted by molar-refractivity contribution is 9.10. The summed E-state index contributed by atoms with van der Waals surface area (Å²) in [4.78, 5) is 13.8. The van der Waals surface area contributed by atoms with Crippen LogP contribution in [-0.2, 0) is 9.53 Å². The van der Waals surface area contributed by atoms with Crippen LogP contribution < -0.4 is 5.32 Å². The van der Waals surface area contributed by atoms with Crippen molar-refractivity contribution in [1.29, 1.82) is 0 Å². The number of halogens is 3. The first-order chi connectivity index (χ1) is 9.49. The zero-order valence-corrected chi connectivity index (χ0v) is 12.5. The number of rotatable bonds is 3. The number of benzene rings is 1. The van der Waals surface area contributed by atoms with Gasteiger partial charge in [0.15, 0.2) is 0 Å². The second-order valence-corrected chi connectivity index (χ2v) is 5.40. The Kier molecular flexibility index (Phi) is 4.93. The van der Waals surface area contributed by atoms with Gasteiger partial charge in [0, 0.05) is 19.2 Å². The summed E-state index contributed by atoms with van der Waals surface area (Å²) < 4.78 is 32.1. The minimum Gasteiger partial charge on any atom is -0.378 e. The Labute approximate surface area is 124 Å². The fourth-order valence-corrected chi connectivity index (χ4v) is 2.33. The molecular weight excluding hydrogens is 334 g/mol. The van der Waals surface area contributed by atoms with Crippen molar-refractivity contribution in [2.45, 2.75) is 13.0 Å². The Morgan fingerprint density at radius 3 is 2.65 bits per heavy atom.